The zero-order chi connectivity index (χ0) is 20.6. The van der Waals surface area contributed by atoms with E-state index in [1.54, 1.807) is 28.9 Å². The van der Waals surface area contributed by atoms with Gasteiger partial charge in [0.25, 0.3) is 5.91 Å². The molecule has 0 N–H and O–H groups in total. The van der Waals surface area contributed by atoms with Crippen LogP contribution in [0.25, 0.3) is 0 Å². The molecule has 0 spiro atoms. The molecule has 1 fully saturated rings. The van der Waals surface area contributed by atoms with E-state index in [2.05, 4.69) is 22.4 Å². The molecule has 3 heterocycles. The van der Waals surface area contributed by atoms with Crippen LogP contribution in [0.1, 0.15) is 48.8 Å². The fourth-order valence-electron chi connectivity index (χ4n) is 3.94. The summed E-state index contributed by atoms with van der Waals surface area (Å²) in [6.45, 7) is 2.55. The molecule has 0 bridgehead atoms. The number of nitrogens with zero attached hydrogens (tertiary/aromatic N) is 6. The van der Waals surface area contributed by atoms with Crippen molar-refractivity contribution in [3.63, 3.8) is 0 Å². The van der Waals surface area contributed by atoms with E-state index in [9.17, 15) is 14.4 Å². The maximum absolute atomic E-state index is 13.2. The number of rotatable bonds is 6. The van der Waals surface area contributed by atoms with E-state index >= 15 is 0 Å². The van der Waals surface area contributed by atoms with Crippen molar-refractivity contribution in [3.8, 4) is 0 Å². The molecule has 1 aromatic carbocycles. The van der Waals surface area contributed by atoms with Gasteiger partial charge in [0.2, 0.25) is 11.6 Å². The Hall–Kier alpha value is -3.30. The van der Waals surface area contributed by atoms with Crippen LogP contribution in [0.3, 0.4) is 0 Å². The van der Waals surface area contributed by atoms with Gasteiger partial charge in [-0.2, -0.15) is 0 Å². The molecule has 2 aliphatic rings. The maximum Gasteiger partial charge on any atom is 0.354 e. The average molecular weight is 398 g/mol. The number of unbranched alkanes of at least 4 members (excludes halogenated alkanes) is 1. The number of likely N-dealkylation sites (N-methyl/N-ethyl adjacent to an activating group) is 1. The van der Waals surface area contributed by atoms with Crippen molar-refractivity contribution >= 4 is 23.5 Å². The van der Waals surface area contributed by atoms with Crippen LogP contribution >= 0.6 is 0 Å². The van der Waals surface area contributed by atoms with Gasteiger partial charge in [-0.05, 0) is 29.0 Å². The van der Waals surface area contributed by atoms with Crippen LogP contribution in [0.2, 0.25) is 0 Å². The van der Waals surface area contributed by atoms with Crippen molar-refractivity contribution in [1.29, 1.82) is 0 Å². The van der Waals surface area contributed by atoms with Crippen LogP contribution in [0.15, 0.2) is 24.3 Å². The monoisotopic (exact) mass is 398 g/mol. The van der Waals surface area contributed by atoms with Crippen molar-refractivity contribution in [1.82, 2.24) is 25.1 Å². The van der Waals surface area contributed by atoms with Crippen molar-refractivity contribution in [2.45, 2.75) is 51.4 Å². The number of aryl methyl sites for hydroxylation is 1. The van der Waals surface area contributed by atoms with E-state index < -0.39 is 11.6 Å². The summed E-state index contributed by atoms with van der Waals surface area (Å²) in [5.41, 5.74) is -0.676. The molecule has 1 aromatic heterocycles. The lowest BCUT2D eigenvalue weighted by Gasteiger charge is -2.46. The predicted octanol–water partition coefficient (Wildman–Crippen LogP) is 1.13. The Labute approximate surface area is 167 Å². The number of aromatic nitrogens is 4. The van der Waals surface area contributed by atoms with Crippen LogP contribution in [-0.2, 0) is 27.5 Å². The molecule has 0 saturated carbocycles. The van der Waals surface area contributed by atoms with Crippen molar-refractivity contribution < 1.29 is 19.1 Å². The second-order valence-electron chi connectivity index (χ2n) is 7.18. The molecule has 0 aliphatic carbocycles. The summed E-state index contributed by atoms with van der Waals surface area (Å²) in [5, 5.41) is 11.5. The van der Waals surface area contributed by atoms with Gasteiger partial charge >= 0.3 is 5.97 Å². The normalized spacial score (nSPS) is 20.6. The zero-order valence-corrected chi connectivity index (χ0v) is 16.4. The smallest absolute Gasteiger partial charge is 0.354 e. The second kappa shape index (κ2) is 7.26. The van der Waals surface area contributed by atoms with Crippen molar-refractivity contribution in [2.24, 2.45) is 0 Å². The minimum absolute atomic E-state index is 0.136. The number of para-hydroxylation sites is 1. The fraction of sp³-hybridized carbons (Fsp3) is 0.474. The number of carbonyl (C=O) groups excluding carboxylic acids is 3. The summed E-state index contributed by atoms with van der Waals surface area (Å²) in [5.74, 6) is -0.791. The van der Waals surface area contributed by atoms with E-state index in [-0.39, 0.29) is 31.3 Å². The summed E-state index contributed by atoms with van der Waals surface area (Å²) in [4.78, 5) is 41.6. The minimum Gasteiger partial charge on any atom is -0.454 e. The minimum atomic E-state index is -1.50. The number of fused-ring (bicyclic) bond motifs is 3. The first-order valence-corrected chi connectivity index (χ1v) is 9.63. The van der Waals surface area contributed by atoms with Crippen LogP contribution in [0.5, 0.6) is 0 Å². The molecule has 152 valence electrons. The van der Waals surface area contributed by atoms with Gasteiger partial charge in [0.15, 0.2) is 12.4 Å². The summed E-state index contributed by atoms with van der Waals surface area (Å²) >= 11 is 0. The lowest BCUT2D eigenvalue weighted by atomic mass is 9.97. The Morgan fingerprint density at radius 2 is 2.07 bits per heavy atom. The first-order chi connectivity index (χ1) is 14.0. The van der Waals surface area contributed by atoms with E-state index in [4.69, 9.17) is 4.74 Å². The van der Waals surface area contributed by atoms with Crippen LogP contribution in [0, 0.1) is 0 Å². The number of hydrogen-bond donors (Lipinski definition) is 0. The molecule has 2 aliphatic heterocycles. The Kier molecular flexibility index (Phi) is 4.77. The Balaban J connectivity index is 1.63. The molecule has 0 radical (unpaired) electrons. The first-order valence-electron chi connectivity index (χ1n) is 9.63. The van der Waals surface area contributed by atoms with E-state index in [1.807, 2.05) is 0 Å². The number of benzene rings is 1. The summed E-state index contributed by atoms with van der Waals surface area (Å²) in [6.07, 6.45) is 2.19. The highest BCUT2D eigenvalue weighted by Crippen LogP contribution is 2.44. The van der Waals surface area contributed by atoms with Gasteiger partial charge in [-0.15, -0.1) is 5.10 Å². The third-order valence-corrected chi connectivity index (χ3v) is 5.53. The summed E-state index contributed by atoms with van der Waals surface area (Å²) in [7, 11) is 1.52. The first kappa shape index (κ1) is 19.0. The summed E-state index contributed by atoms with van der Waals surface area (Å²) in [6, 6.07) is 6.79. The van der Waals surface area contributed by atoms with E-state index in [0.29, 0.717) is 23.6 Å². The standard InChI is InChI=1S/C19H22N6O4/c1-3-4-11-24-15(20-21-22-24)12-29-18(28)19-10-9-16(26)25(19)14-8-6-5-7-13(14)17(27)23(19)2/h5-8H,3-4,9-12H2,1-2H3/t19-/m0/s1. The van der Waals surface area contributed by atoms with Gasteiger partial charge in [-0.25, -0.2) is 9.48 Å². The van der Waals surface area contributed by atoms with Crippen LogP contribution in [0.4, 0.5) is 5.69 Å². The lowest BCUT2D eigenvalue weighted by Crippen LogP contribution is -2.67. The van der Waals surface area contributed by atoms with Crippen molar-refractivity contribution in [3.05, 3.63) is 35.7 Å². The van der Waals surface area contributed by atoms with Crippen LogP contribution in [-0.4, -0.2) is 55.6 Å². The molecule has 29 heavy (non-hydrogen) atoms. The average Bonchev–Trinajstić information content (AvgIpc) is 3.33. The van der Waals surface area contributed by atoms with Gasteiger partial charge < -0.3 is 9.64 Å². The van der Waals surface area contributed by atoms with Gasteiger partial charge in [0.1, 0.15) is 0 Å². The Bertz CT molecular complexity index is 973. The number of amides is 2. The van der Waals surface area contributed by atoms with Gasteiger partial charge in [0.05, 0.1) is 11.3 Å². The number of hydrogen-bond acceptors (Lipinski definition) is 7. The third-order valence-electron chi connectivity index (χ3n) is 5.53. The molecule has 10 heteroatoms. The van der Waals surface area contributed by atoms with Crippen molar-refractivity contribution in [2.75, 3.05) is 11.9 Å². The topological polar surface area (TPSA) is 111 Å². The van der Waals surface area contributed by atoms with Gasteiger partial charge in [-0.1, -0.05) is 25.5 Å². The number of esters is 1. The third kappa shape index (κ3) is 2.86. The number of anilines is 1. The SMILES string of the molecule is CCCCn1nnnc1COC(=O)[C@]12CCC(=O)N1c1ccccc1C(=O)N2C. The molecule has 2 amide bonds. The molecular weight excluding hydrogens is 376 g/mol. The largest absolute Gasteiger partial charge is 0.454 e. The Morgan fingerprint density at radius 3 is 2.86 bits per heavy atom. The highest BCUT2D eigenvalue weighted by molar-refractivity contribution is 6.15. The zero-order valence-electron chi connectivity index (χ0n) is 16.4. The predicted molar refractivity (Wildman–Crippen MR) is 101 cm³/mol. The molecule has 1 atom stereocenters. The quantitative estimate of drug-likeness (QED) is 0.671. The number of carbonyl (C=O) groups is 3. The molecule has 2 aromatic rings. The summed E-state index contributed by atoms with van der Waals surface area (Å²) < 4.78 is 7.14. The van der Waals surface area contributed by atoms with E-state index in [1.165, 1.54) is 16.8 Å². The highest BCUT2D eigenvalue weighted by atomic mass is 16.5. The second-order valence-corrected chi connectivity index (χ2v) is 7.18. The molecule has 4 rings (SSSR count). The van der Waals surface area contributed by atoms with E-state index in [0.717, 1.165) is 12.8 Å². The Morgan fingerprint density at radius 1 is 1.28 bits per heavy atom. The maximum atomic E-state index is 13.2. The molecular formula is C19H22N6O4. The van der Waals surface area contributed by atoms with Crippen LogP contribution < -0.4 is 4.90 Å². The molecule has 0 unspecified atom stereocenters. The highest BCUT2D eigenvalue weighted by Gasteiger charge is 2.60. The fourth-order valence-corrected chi connectivity index (χ4v) is 3.94. The lowest BCUT2D eigenvalue weighted by molar-refractivity contribution is -0.158. The number of tetrazole rings is 1. The van der Waals surface area contributed by atoms with Gasteiger partial charge in [0, 0.05) is 26.4 Å². The molecule has 10 nitrogen and oxygen atoms in total. The van der Waals surface area contributed by atoms with Gasteiger partial charge in [-0.3, -0.25) is 14.5 Å². The number of ether oxygens (including phenoxy) is 1. The molecule has 1 saturated heterocycles.